The molecule has 5 nitrogen and oxygen atoms in total. The molecule has 100 valence electrons. The van der Waals surface area contributed by atoms with E-state index in [0.717, 1.165) is 6.42 Å². The third-order valence-corrected chi connectivity index (χ3v) is 4.42. The molecule has 3 aliphatic heterocycles. The first-order valence-electron chi connectivity index (χ1n) is 6.64. The molecule has 3 aliphatic rings. The molecular weight excluding hydrogens is 236 g/mol. The van der Waals surface area contributed by atoms with Crippen LogP contribution in [0.3, 0.4) is 0 Å². The van der Waals surface area contributed by atoms with E-state index in [0.29, 0.717) is 13.0 Å². The van der Waals surface area contributed by atoms with Crippen molar-refractivity contribution in [2.45, 2.75) is 45.0 Å². The van der Waals surface area contributed by atoms with Gasteiger partial charge in [-0.3, -0.25) is 9.59 Å². The van der Waals surface area contributed by atoms with Crippen LogP contribution in [-0.4, -0.2) is 36.9 Å². The molecule has 6 atom stereocenters. The highest BCUT2D eigenvalue weighted by molar-refractivity contribution is 5.76. The lowest BCUT2D eigenvalue weighted by atomic mass is 9.80. The van der Waals surface area contributed by atoms with Gasteiger partial charge in [-0.25, -0.2) is 0 Å². The molecule has 5 heteroatoms. The molecule has 6 unspecified atom stereocenters. The van der Waals surface area contributed by atoms with Gasteiger partial charge in [-0.2, -0.15) is 0 Å². The van der Waals surface area contributed by atoms with Crippen molar-refractivity contribution in [3.63, 3.8) is 0 Å². The smallest absolute Gasteiger partial charge is 0.312 e. The Labute approximate surface area is 106 Å². The minimum atomic E-state index is -0.202. The fourth-order valence-corrected chi connectivity index (χ4v) is 3.14. The average molecular weight is 254 g/mol. The third-order valence-electron chi connectivity index (χ3n) is 4.42. The molecule has 0 aromatic rings. The number of carbonyl (C=O) groups is 2. The molecule has 0 N–H and O–H groups in total. The van der Waals surface area contributed by atoms with E-state index in [9.17, 15) is 9.59 Å². The summed E-state index contributed by atoms with van der Waals surface area (Å²) in [6, 6.07) is 0. The SMILES string of the molecule is CCC(C)C(=O)OC1CC2OC1C1COC(=O)C21. The Morgan fingerprint density at radius 3 is 3.06 bits per heavy atom. The molecular formula is C13H18O5. The Morgan fingerprint density at radius 2 is 2.33 bits per heavy atom. The molecule has 0 aromatic carbocycles. The first kappa shape index (κ1) is 12.0. The van der Waals surface area contributed by atoms with Crippen LogP contribution in [0, 0.1) is 17.8 Å². The summed E-state index contributed by atoms with van der Waals surface area (Å²) in [5.74, 6) is -0.458. The van der Waals surface area contributed by atoms with Crippen LogP contribution >= 0.6 is 0 Å². The Kier molecular flexibility index (Phi) is 2.81. The minimum Gasteiger partial charge on any atom is -0.465 e. The van der Waals surface area contributed by atoms with E-state index in [-0.39, 0.29) is 48.0 Å². The maximum atomic E-state index is 11.8. The highest BCUT2D eigenvalue weighted by Crippen LogP contribution is 2.48. The topological polar surface area (TPSA) is 61.8 Å². The maximum Gasteiger partial charge on any atom is 0.312 e. The molecule has 2 bridgehead atoms. The number of esters is 2. The summed E-state index contributed by atoms with van der Waals surface area (Å²) >= 11 is 0. The summed E-state index contributed by atoms with van der Waals surface area (Å²) in [5.41, 5.74) is 0. The highest BCUT2D eigenvalue weighted by atomic mass is 16.6. The molecule has 0 radical (unpaired) electrons. The third kappa shape index (κ3) is 1.64. The lowest BCUT2D eigenvalue weighted by Gasteiger charge is -2.26. The van der Waals surface area contributed by atoms with Crippen molar-refractivity contribution in [2.75, 3.05) is 6.61 Å². The minimum absolute atomic E-state index is 0.0750. The number of hydrogen-bond donors (Lipinski definition) is 0. The van der Waals surface area contributed by atoms with E-state index in [2.05, 4.69) is 0 Å². The highest BCUT2D eigenvalue weighted by Gasteiger charge is 2.61. The summed E-state index contributed by atoms with van der Waals surface area (Å²) in [6.07, 6.45) is 0.925. The molecule has 0 amide bonds. The van der Waals surface area contributed by atoms with Gasteiger partial charge in [-0.05, 0) is 6.42 Å². The first-order chi connectivity index (χ1) is 8.61. The van der Waals surface area contributed by atoms with Gasteiger partial charge in [0, 0.05) is 12.3 Å². The van der Waals surface area contributed by atoms with Crippen LogP contribution in [0.15, 0.2) is 0 Å². The van der Waals surface area contributed by atoms with Crippen molar-refractivity contribution in [3.8, 4) is 0 Å². The predicted octanol–water partition coefficient (Wildman–Crippen LogP) is 0.905. The van der Waals surface area contributed by atoms with E-state index < -0.39 is 0 Å². The molecule has 18 heavy (non-hydrogen) atoms. The van der Waals surface area contributed by atoms with Gasteiger partial charge in [-0.1, -0.05) is 13.8 Å². The number of hydrogen-bond acceptors (Lipinski definition) is 5. The summed E-state index contributed by atoms with van der Waals surface area (Å²) in [4.78, 5) is 23.3. The second-order valence-electron chi connectivity index (χ2n) is 5.48. The van der Waals surface area contributed by atoms with Crippen LogP contribution in [0.4, 0.5) is 0 Å². The van der Waals surface area contributed by atoms with Crippen LogP contribution in [0.2, 0.25) is 0 Å². The van der Waals surface area contributed by atoms with Crippen LogP contribution in [-0.2, 0) is 23.8 Å². The zero-order valence-corrected chi connectivity index (χ0v) is 10.6. The molecule has 0 aliphatic carbocycles. The molecule has 3 fully saturated rings. The first-order valence-corrected chi connectivity index (χ1v) is 6.64. The van der Waals surface area contributed by atoms with Crippen molar-refractivity contribution >= 4 is 11.9 Å². The van der Waals surface area contributed by atoms with Crippen molar-refractivity contribution in [3.05, 3.63) is 0 Å². The van der Waals surface area contributed by atoms with Gasteiger partial charge in [0.15, 0.2) is 0 Å². The van der Waals surface area contributed by atoms with Crippen LogP contribution in [0.5, 0.6) is 0 Å². The van der Waals surface area contributed by atoms with Crippen molar-refractivity contribution in [2.24, 2.45) is 17.8 Å². The van der Waals surface area contributed by atoms with Gasteiger partial charge in [-0.15, -0.1) is 0 Å². The Morgan fingerprint density at radius 1 is 1.56 bits per heavy atom. The molecule has 3 saturated heterocycles. The van der Waals surface area contributed by atoms with Crippen molar-refractivity contribution < 1.29 is 23.8 Å². The van der Waals surface area contributed by atoms with E-state index >= 15 is 0 Å². The maximum absolute atomic E-state index is 11.8. The lowest BCUT2D eigenvalue weighted by Crippen LogP contribution is -2.40. The normalized spacial score (nSPS) is 42.6. The lowest BCUT2D eigenvalue weighted by molar-refractivity contribution is -0.157. The van der Waals surface area contributed by atoms with Crippen molar-refractivity contribution in [1.82, 2.24) is 0 Å². The summed E-state index contributed by atoms with van der Waals surface area (Å²) in [6.45, 7) is 4.23. The van der Waals surface area contributed by atoms with Gasteiger partial charge >= 0.3 is 11.9 Å². The van der Waals surface area contributed by atoms with E-state index in [1.54, 1.807) is 0 Å². The number of cyclic esters (lactones) is 1. The molecule has 3 rings (SSSR count). The largest absolute Gasteiger partial charge is 0.465 e. The standard InChI is InChI=1S/C13H18O5/c1-3-6(2)12(14)18-9-4-8-10-7(11(9)17-8)5-16-13(10)15/h6-11H,3-5H2,1-2H3. The van der Waals surface area contributed by atoms with Gasteiger partial charge in [0.2, 0.25) is 0 Å². The average Bonchev–Trinajstić information content (AvgIpc) is 3.01. The molecule has 0 saturated carbocycles. The zero-order chi connectivity index (χ0) is 12.9. The fourth-order valence-electron chi connectivity index (χ4n) is 3.14. The second kappa shape index (κ2) is 4.23. The van der Waals surface area contributed by atoms with Gasteiger partial charge < -0.3 is 14.2 Å². The Bertz CT molecular complexity index is 380. The zero-order valence-electron chi connectivity index (χ0n) is 10.6. The predicted molar refractivity (Wildman–Crippen MR) is 60.6 cm³/mol. The molecule has 3 heterocycles. The number of fused-ring (bicyclic) bond motifs is 5. The van der Waals surface area contributed by atoms with E-state index in [1.807, 2.05) is 13.8 Å². The van der Waals surface area contributed by atoms with Crippen LogP contribution < -0.4 is 0 Å². The number of rotatable bonds is 3. The van der Waals surface area contributed by atoms with Gasteiger partial charge in [0.1, 0.15) is 12.2 Å². The van der Waals surface area contributed by atoms with Gasteiger partial charge in [0.25, 0.3) is 0 Å². The monoisotopic (exact) mass is 254 g/mol. The Hall–Kier alpha value is -1.10. The summed E-state index contributed by atoms with van der Waals surface area (Å²) in [5, 5.41) is 0. The fraction of sp³-hybridized carbons (Fsp3) is 0.846. The molecule has 0 spiro atoms. The van der Waals surface area contributed by atoms with Gasteiger partial charge in [0.05, 0.1) is 24.5 Å². The number of ether oxygens (including phenoxy) is 3. The Balaban J connectivity index is 1.65. The number of carbonyl (C=O) groups excluding carboxylic acids is 2. The quantitative estimate of drug-likeness (QED) is 0.700. The van der Waals surface area contributed by atoms with Crippen molar-refractivity contribution in [1.29, 1.82) is 0 Å². The van der Waals surface area contributed by atoms with Crippen LogP contribution in [0.1, 0.15) is 26.7 Å². The second-order valence-corrected chi connectivity index (χ2v) is 5.48. The summed E-state index contributed by atoms with van der Waals surface area (Å²) < 4.78 is 16.3. The summed E-state index contributed by atoms with van der Waals surface area (Å²) in [7, 11) is 0. The van der Waals surface area contributed by atoms with E-state index in [1.165, 1.54) is 0 Å². The van der Waals surface area contributed by atoms with E-state index in [4.69, 9.17) is 14.2 Å². The molecule has 0 aromatic heterocycles. The van der Waals surface area contributed by atoms with Crippen LogP contribution in [0.25, 0.3) is 0 Å².